The van der Waals surface area contributed by atoms with Gasteiger partial charge in [0.25, 0.3) is 0 Å². The van der Waals surface area contributed by atoms with Gasteiger partial charge in [0.05, 0.1) is 4.88 Å². The minimum absolute atomic E-state index is 1.23. The monoisotopic (exact) mass is 412 g/mol. The predicted octanol–water partition coefficient (Wildman–Crippen LogP) is 8.70. The first-order chi connectivity index (χ1) is 11.3. The first-order valence-corrected chi connectivity index (χ1v) is 11.7. The molecule has 0 saturated heterocycles. The fraction of sp³-hybridized carbons (Fsp3) is 0.600. The Bertz CT molecular complexity index is 541. The zero-order valence-corrected chi connectivity index (χ0v) is 17.5. The van der Waals surface area contributed by atoms with Crippen molar-refractivity contribution in [1.82, 2.24) is 0 Å². The molecule has 128 valence electrons. The van der Waals surface area contributed by atoms with Gasteiger partial charge in [0.15, 0.2) is 0 Å². The largest absolute Gasteiger partial charge is 0.143 e. The van der Waals surface area contributed by atoms with E-state index in [4.69, 9.17) is 0 Å². The smallest absolute Gasteiger partial charge is 0.0584 e. The van der Waals surface area contributed by atoms with Crippen molar-refractivity contribution in [3.63, 3.8) is 0 Å². The second-order valence-corrected chi connectivity index (χ2v) is 9.03. The topological polar surface area (TPSA) is 0 Å². The van der Waals surface area contributed by atoms with E-state index in [-0.39, 0.29) is 0 Å². The minimum Gasteiger partial charge on any atom is -0.143 e. The molecule has 0 atom stereocenters. The Morgan fingerprint density at radius 3 is 2.13 bits per heavy atom. The van der Waals surface area contributed by atoms with Gasteiger partial charge in [-0.1, -0.05) is 64.7 Å². The van der Waals surface area contributed by atoms with Gasteiger partial charge in [-0.2, -0.15) is 0 Å². The summed E-state index contributed by atoms with van der Waals surface area (Å²) in [5.41, 5.74) is 1.52. The standard InChI is InChI=1S/C20H29BrS2/c1-2-3-4-5-6-7-8-9-10-11-12-17-15-19(23-16-17)20-18(21)13-14-22-20/h13-16H,2-12H2,1H3. The zero-order chi connectivity index (χ0) is 16.3. The summed E-state index contributed by atoms with van der Waals surface area (Å²) >= 11 is 7.34. The molecular formula is C20H29BrS2. The van der Waals surface area contributed by atoms with Crippen LogP contribution >= 0.6 is 38.6 Å². The molecule has 0 saturated carbocycles. The second-order valence-electron chi connectivity index (χ2n) is 6.35. The third-order valence-corrected chi connectivity index (χ3v) is 7.31. The van der Waals surface area contributed by atoms with Crippen LogP contribution in [-0.2, 0) is 6.42 Å². The first kappa shape index (κ1) is 19.2. The molecule has 0 nitrogen and oxygen atoms in total. The fourth-order valence-corrected chi connectivity index (χ4v) is 5.73. The lowest BCUT2D eigenvalue weighted by atomic mass is 10.0. The molecule has 2 rings (SSSR count). The second kappa shape index (κ2) is 11.4. The van der Waals surface area contributed by atoms with E-state index in [1.54, 1.807) is 0 Å². The summed E-state index contributed by atoms with van der Waals surface area (Å²) in [5.74, 6) is 0. The Labute approximate surface area is 158 Å². The minimum atomic E-state index is 1.23. The Hall–Kier alpha value is -0.120. The lowest BCUT2D eigenvalue weighted by Crippen LogP contribution is -1.84. The van der Waals surface area contributed by atoms with Crippen molar-refractivity contribution in [3.8, 4) is 9.75 Å². The lowest BCUT2D eigenvalue weighted by Gasteiger charge is -2.02. The third kappa shape index (κ3) is 7.11. The van der Waals surface area contributed by atoms with Crippen molar-refractivity contribution in [1.29, 1.82) is 0 Å². The van der Waals surface area contributed by atoms with E-state index < -0.39 is 0 Å². The van der Waals surface area contributed by atoms with Crippen molar-refractivity contribution in [3.05, 3.63) is 32.9 Å². The van der Waals surface area contributed by atoms with Gasteiger partial charge in [0.2, 0.25) is 0 Å². The predicted molar refractivity (Wildman–Crippen MR) is 111 cm³/mol. The van der Waals surface area contributed by atoms with E-state index in [0.717, 1.165) is 0 Å². The molecule has 2 aromatic rings. The lowest BCUT2D eigenvalue weighted by molar-refractivity contribution is 0.556. The Balaban J connectivity index is 1.54. The van der Waals surface area contributed by atoms with E-state index in [1.165, 1.54) is 90.4 Å². The van der Waals surface area contributed by atoms with Gasteiger partial charge < -0.3 is 0 Å². The molecule has 0 radical (unpaired) electrons. The van der Waals surface area contributed by atoms with Gasteiger partial charge in [-0.15, -0.1) is 22.7 Å². The van der Waals surface area contributed by atoms with Crippen LogP contribution in [0.2, 0.25) is 0 Å². The maximum absolute atomic E-state index is 3.64. The number of aryl methyl sites for hydroxylation is 1. The molecule has 0 fully saturated rings. The molecular weight excluding hydrogens is 384 g/mol. The highest BCUT2D eigenvalue weighted by molar-refractivity contribution is 9.10. The molecule has 0 spiro atoms. The molecule has 0 amide bonds. The summed E-state index contributed by atoms with van der Waals surface area (Å²) in [6.07, 6.45) is 15.4. The summed E-state index contributed by atoms with van der Waals surface area (Å²) in [6, 6.07) is 4.52. The number of thiophene rings is 2. The van der Waals surface area contributed by atoms with Crippen molar-refractivity contribution in [2.24, 2.45) is 0 Å². The van der Waals surface area contributed by atoms with Crippen molar-refractivity contribution in [2.75, 3.05) is 0 Å². The zero-order valence-electron chi connectivity index (χ0n) is 14.3. The van der Waals surface area contributed by atoms with Gasteiger partial charge in [-0.3, -0.25) is 0 Å². The molecule has 3 heteroatoms. The Morgan fingerprint density at radius 1 is 0.870 bits per heavy atom. The van der Waals surface area contributed by atoms with Crippen LogP contribution in [0, 0.1) is 0 Å². The average molecular weight is 413 g/mol. The van der Waals surface area contributed by atoms with Gasteiger partial charge in [0, 0.05) is 9.35 Å². The van der Waals surface area contributed by atoms with Crippen LogP contribution in [0.25, 0.3) is 9.75 Å². The molecule has 0 N–H and O–H groups in total. The van der Waals surface area contributed by atoms with Crippen LogP contribution in [0.15, 0.2) is 27.4 Å². The molecule has 0 aromatic carbocycles. The molecule has 0 bridgehead atoms. The van der Waals surface area contributed by atoms with E-state index in [0.29, 0.717) is 0 Å². The van der Waals surface area contributed by atoms with E-state index in [1.807, 2.05) is 22.7 Å². The van der Waals surface area contributed by atoms with Gasteiger partial charge in [-0.25, -0.2) is 0 Å². The normalized spacial score (nSPS) is 11.2. The summed E-state index contributed by atoms with van der Waals surface area (Å²) in [5, 5.41) is 4.50. The average Bonchev–Trinajstić information content (AvgIpc) is 3.18. The van der Waals surface area contributed by atoms with E-state index >= 15 is 0 Å². The highest BCUT2D eigenvalue weighted by Gasteiger charge is 2.07. The Morgan fingerprint density at radius 2 is 1.52 bits per heavy atom. The van der Waals surface area contributed by atoms with Crippen LogP contribution in [-0.4, -0.2) is 0 Å². The number of rotatable bonds is 12. The third-order valence-electron chi connectivity index (χ3n) is 4.31. The van der Waals surface area contributed by atoms with Crippen LogP contribution < -0.4 is 0 Å². The quantitative estimate of drug-likeness (QED) is 0.305. The maximum Gasteiger partial charge on any atom is 0.0584 e. The van der Waals surface area contributed by atoms with Gasteiger partial charge in [0.1, 0.15) is 0 Å². The number of hydrogen-bond donors (Lipinski definition) is 0. The summed E-state index contributed by atoms with van der Waals surface area (Å²) in [7, 11) is 0. The van der Waals surface area contributed by atoms with Crippen molar-refractivity contribution >= 4 is 38.6 Å². The van der Waals surface area contributed by atoms with Crippen LogP contribution in [0.4, 0.5) is 0 Å². The number of halogens is 1. The number of unbranched alkanes of at least 4 members (excludes halogenated alkanes) is 9. The molecule has 0 aliphatic rings. The van der Waals surface area contributed by atoms with E-state index in [9.17, 15) is 0 Å². The van der Waals surface area contributed by atoms with Crippen LogP contribution in [0.3, 0.4) is 0 Å². The summed E-state index contributed by atoms with van der Waals surface area (Å²) in [4.78, 5) is 2.79. The maximum atomic E-state index is 3.64. The summed E-state index contributed by atoms with van der Waals surface area (Å²) in [6.45, 7) is 2.29. The molecule has 2 heterocycles. The molecule has 0 aliphatic heterocycles. The first-order valence-electron chi connectivity index (χ1n) is 9.12. The highest BCUT2D eigenvalue weighted by atomic mass is 79.9. The van der Waals surface area contributed by atoms with E-state index in [2.05, 4.69) is 45.7 Å². The number of hydrogen-bond acceptors (Lipinski definition) is 2. The van der Waals surface area contributed by atoms with Gasteiger partial charge >= 0.3 is 0 Å². The highest BCUT2D eigenvalue weighted by Crippen LogP contribution is 2.37. The molecule has 2 aromatic heterocycles. The van der Waals surface area contributed by atoms with Crippen molar-refractivity contribution in [2.45, 2.75) is 77.6 Å². The molecule has 23 heavy (non-hydrogen) atoms. The van der Waals surface area contributed by atoms with Gasteiger partial charge in [-0.05, 0) is 57.2 Å². The molecule has 0 aliphatic carbocycles. The Kier molecular flexibility index (Phi) is 9.55. The van der Waals surface area contributed by atoms with Crippen LogP contribution in [0.1, 0.15) is 76.7 Å². The molecule has 0 unspecified atom stereocenters. The fourth-order valence-electron chi connectivity index (χ4n) is 2.91. The van der Waals surface area contributed by atoms with Crippen molar-refractivity contribution < 1.29 is 0 Å². The summed E-state index contributed by atoms with van der Waals surface area (Å²) < 4.78 is 1.23. The van der Waals surface area contributed by atoms with Crippen LogP contribution in [0.5, 0.6) is 0 Å². The SMILES string of the molecule is CCCCCCCCCCCCc1csc(-c2sccc2Br)c1.